The zero-order chi connectivity index (χ0) is 17.5. The maximum atomic E-state index is 12.8. The van der Waals surface area contributed by atoms with Crippen LogP contribution in [-0.2, 0) is 23.5 Å². The maximum absolute atomic E-state index is 12.8. The Morgan fingerprint density at radius 3 is 2.64 bits per heavy atom. The molecule has 2 aromatic heterocycles. The highest BCUT2D eigenvalue weighted by molar-refractivity contribution is 8.00. The van der Waals surface area contributed by atoms with Crippen LogP contribution in [0.1, 0.15) is 16.8 Å². The number of nitrogens with one attached hydrogen (secondary N) is 1. The molecule has 1 amide bonds. The highest BCUT2D eigenvalue weighted by atomic mass is 32.2. The first-order valence-corrected chi connectivity index (χ1v) is 9.53. The Morgan fingerprint density at radius 2 is 1.88 bits per heavy atom. The molecular weight excluding hydrogens is 357 g/mol. The molecule has 0 unspecified atom stereocenters. The van der Waals surface area contributed by atoms with Crippen molar-refractivity contribution in [1.29, 1.82) is 0 Å². The van der Waals surface area contributed by atoms with E-state index in [0.29, 0.717) is 6.54 Å². The van der Waals surface area contributed by atoms with Crippen molar-refractivity contribution in [2.24, 2.45) is 0 Å². The van der Waals surface area contributed by atoms with Crippen LogP contribution in [0.3, 0.4) is 0 Å². The topological polar surface area (TPSA) is 54.9 Å². The number of nitrogens with zero attached hydrogens (tertiary/aromatic N) is 2. The zero-order valence-electron chi connectivity index (χ0n) is 13.3. The Kier molecular flexibility index (Phi) is 6.14. The number of halogens is 1. The first-order chi connectivity index (χ1) is 12.2. The lowest BCUT2D eigenvalue weighted by Gasteiger charge is -2.04. The number of carbonyl (C=O) groups is 1. The molecule has 3 rings (SSSR count). The van der Waals surface area contributed by atoms with Crippen LogP contribution in [0.2, 0.25) is 0 Å². The van der Waals surface area contributed by atoms with Crippen molar-refractivity contribution in [3.8, 4) is 0 Å². The molecule has 7 heteroatoms. The van der Waals surface area contributed by atoms with Crippen molar-refractivity contribution in [3.63, 3.8) is 0 Å². The number of hydrogen-bond acceptors (Lipinski definition) is 5. The van der Waals surface area contributed by atoms with Gasteiger partial charge >= 0.3 is 0 Å². The fourth-order valence-electron chi connectivity index (χ4n) is 2.09. The van der Waals surface area contributed by atoms with Gasteiger partial charge in [-0.15, -0.1) is 11.3 Å². The van der Waals surface area contributed by atoms with E-state index in [1.807, 2.05) is 17.5 Å². The molecule has 128 valence electrons. The summed E-state index contributed by atoms with van der Waals surface area (Å²) in [6.07, 6.45) is 3.79. The number of thioether (sulfide) groups is 1. The maximum Gasteiger partial charge on any atom is 0.226 e. The van der Waals surface area contributed by atoms with Gasteiger partial charge in [0, 0.05) is 30.1 Å². The number of carbonyl (C=O) groups excluding carboxylic acids is 1. The fraction of sp³-hybridized carbons (Fsp3) is 0.167. The highest BCUT2D eigenvalue weighted by Gasteiger charge is 2.08. The van der Waals surface area contributed by atoms with Crippen LogP contribution < -0.4 is 5.32 Å². The summed E-state index contributed by atoms with van der Waals surface area (Å²) in [7, 11) is 0. The van der Waals surface area contributed by atoms with E-state index in [9.17, 15) is 9.18 Å². The van der Waals surface area contributed by atoms with Crippen molar-refractivity contribution in [2.45, 2.75) is 23.1 Å². The lowest BCUT2D eigenvalue weighted by Crippen LogP contribution is -2.24. The molecule has 0 aliphatic heterocycles. The van der Waals surface area contributed by atoms with Gasteiger partial charge in [-0.05, 0) is 35.4 Å². The minimum Gasteiger partial charge on any atom is -0.352 e. The Bertz CT molecular complexity index is 822. The molecule has 0 saturated carbocycles. The molecule has 0 aliphatic carbocycles. The Balaban J connectivity index is 1.45. The number of hydrogen-bond donors (Lipinski definition) is 1. The van der Waals surface area contributed by atoms with Gasteiger partial charge in [0.2, 0.25) is 5.91 Å². The van der Waals surface area contributed by atoms with Gasteiger partial charge in [0.1, 0.15) is 10.2 Å². The number of benzene rings is 1. The van der Waals surface area contributed by atoms with Crippen LogP contribution in [-0.4, -0.2) is 15.9 Å². The van der Waals surface area contributed by atoms with Crippen molar-refractivity contribution in [1.82, 2.24) is 15.3 Å². The third kappa shape index (κ3) is 5.65. The quantitative estimate of drug-likeness (QED) is 0.640. The average Bonchev–Trinajstić information content (AvgIpc) is 3.08. The van der Waals surface area contributed by atoms with Gasteiger partial charge in [-0.1, -0.05) is 23.9 Å². The van der Waals surface area contributed by atoms with E-state index in [4.69, 9.17) is 0 Å². The number of amides is 1. The van der Waals surface area contributed by atoms with Crippen LogP contribution >= 0.6 is 23.1 Å². The molecule has 0 aliphatic rings. The summed E-state index contributed by atoms with van der Waals surface area (Å²) in [6, 6.07) is 10.0. The molecule has 25 heavy (non-hydrogen) atoms. The Labute approximate surface area is 153 Å². The number of thiazole rings is 1. The fourth-order valence-corrected chi connectivity index (χ4v) is 3.89. The highest BCUT2D eigenvalue weighted by Crippen LogP contribution is 2.26. The van der Waals surface area contributed by atoms with Gasteiger partial charge in [0.15, 0.2) is 0 Å². The second-order valence-electron chi connectivity index (χ2n) is 5.33. The monoisotopic (exact) mass is 373 g/mol. The van der Waals surface area contributed by atoms with Crippen LogP contribution in [0, 0.1) is 5.82 Å². The summed E-state index contributed by atoms with van der Waals surface area (Å²) in [4.78, 5) is 20.5. The van der Waals surface area contributed by atoms with Crippen LogP contribution in [0.4, 0.5) is 4.39 Å². The summed E-state index contributed by atoms with van der Waals surface area (Å²) in [5, 5.41) is 4.73. The Hall–Kier alpha value is -2.25. The van der Waals surface area contributed by atoms with Crippen LogP contribution in [0.5, 0.6) is 0 Å². The number of pyridine rings is 1. The van der Waals surface area contributed by atoms with Crippen molar-refractivity contribution in [3.05, 3.63) is 76.8 Å². The minimum absolute atomic E-state index is 0.0969. The molecule has 0 saturated heterocycles. The normalized spacial score (nSPS) is 10.6. The molecule has 1 aromatic carbocycles. The third-order valence-electron chi connectivity index (χ3n) is 3.39. The predicted molar refractivity (Wildman–Crippen MR) is 97.9 cm³/mol. The lowest BCUT2D eigenvalue weighted by atomic mass is 10.2. The second-order valence-corrected chi connectivity index (χ2v) is 7.41. The molecular formula is C18H16FN3OS2. The molecule has 4 nitrogen and oxygen atoms in total. The molecule has 0 fully saturated rings. The van der Waals surface area contributed by atoms with E-state index >= 15 is 0 Å². The van der Waals surface area contributed by atoms with Crippen molar-refractivity contribution >= 4 is 29.0 Å². The first kappa shape index (κ1) is 17.6. The molecule has 0 radical (unpaired) electrons. The molecule has 0 bridgehead atoms. The molecule has 0 atom stereocenters. The summed E-state index contributed by atoms with van der Waals surface area (Å²) in [5.41, 5.74) is 2.81. The van der Waals surface area contributed by atoms with E-state index in [1.54, 1.807) is 47.6 Å². The summed E-state index contributed by atoms with van der Waals surface area (Å²) < 4.78 is 13.8. The lowest BCUT2D eigenvalue weighted by molar-refractivity contribution is -0.120. The summed E-state index contributed by atoms with van der Waals surface area (Å²) in [5.74, 6) is 0.446. The van der Waals surface area contributed by atoms with E-state index in [1.165, 1.54) is 17.7 Å². The zero-order valence-corrected chi connectivity index (χ0v) is 14.9. The van der Waals surface area contributed by atoms with E-state index in [-0.39, 0.29) is 18.1 Å². The Morgan fingerprint density at radius 1 is 1.12 bits per heavy atom. The van der Waals surface area contributed by atoms with E-state index < -0.39 is 0 Å². The van der Waals surface area contributed by atoms with Gasteiger partial charge in [0.25, 0.3) is 0 Å². The molecule has 3 aromatic rings. The van der Waals surface area contributed by atoms with Crippen molar-refractivity contribution in [2.75, 3.05) is 0 Å². The van der Waals surface area contributed by atoms with Crippen molar-refractivity contribution < 1.29 is 9.18 Å². The third-order valence-corrected chi connectivity index (χ3v) is 5.53. The minimum atomic E-state index is -0.283. The van der Waals surface area contributed by atoms with Gasteiger partial charge in [-0.3, -0.25) is 9.78 Å². The molecule has 1 N–H and O–H groups in total. The first-order valence-electron chi connectivity index (χ1n) is 7.66. The van der Waals surface area contributed by atoms with Gasteiger partial charge in [0.05, 0.1) is 12.1 Å². The predicted octanol–water partition coefficient (Wildman–Crippen LogP) is 3.83. The van der Waals surface area contributed by atoms with Gasteiger partial charge < -0.3 is 5.32 Å². The summed E-state index contributed by atoms with van der Waals surface area (Å²) in [6.45, 7) is 0.382. The summed E-state index contributed by atoms with van der Waals surface area (Å²) >= 11 is 3.19. The molecule has 0 spiro atoms. The van der Waals surface area contributed by atoms with Crippen LogP contribution in [0.25, 0.3) is 0 Å². The molecule has 2 heterocycles. The van der Waals surface area contributed by atoms with E-state index in [2.05, 4.69) is 15.3 Å². The second kappa shape index (κ2) is 8.73. The van der Waals surface area contributed by atoms with Gasteiger partial charge in [-0.2, -0.15) is 0 Å². The number of aromatic nitrogens is 2. The van der Waals surface area contributed by atoms with Gasteiger partial charge in [-0.25, -0.2) is 9.37 Å². The average molecular weight is 373 g/mol. The standard InChI is InChI=1S/C18H16FN3OS2/c19-15-3-1-13(2-4-15)10-21-17(23)9-16-12-25-18(22-16)24-11-14-5-7-20-8-6-14/h1-8,12H,9-11H2,(H,21,23). The smallest absolute Gasteiger partial charge is 0.226 e. The SMILES string of the molecule is O=C(Cc1csc(SCc2ccncc2)n1)NCc1ccc(F)cc1. The largest absolute Gasteiger partial charge is 0.352 e. The number of rotatable bonds is 7. The van der Waals surface area contributed by atoms with E-state index in [0.717, 1.165) is 21.3 Å². The van der Waals surface area contributed by atoms with Crippen LogP contribution in [0.15, 0.2) is 58.5 Å².